The van der Waals surface area contributed by atoms with Crippen LogP contribution in [0, 0.1) is 6.92 Å². The Hall–Kier alpha value is -3.18. The Kier molecular flexibility index (Phi) is 4.60. The number of benzene rings is 2. The Bertz CT molecular complexity index is 1100. The molecule has 27 heavy (non-hydrogen) atoms. The number of carbonyl (C=O) groups is 1. The van der Waals surface area contributed by atoms with Crippen LogP contribution < -0.4 is 4.74 Å². The van der Waals surface area contributed by atoms with Crippen LogP contribution in [0.3, 0.4) is 0 Å². The summed E-state index contributed by atoms with van der Waals surface area (Å²) >= 11 is 1.58. The van der Waals surface area contributed by atoms with Crippen LogP contribution in [0.4, 0.5) is 0 Å². The Morgan fingerprint density at radius 2 is 1.89 bits per heavy atom. The van der Waals surface area contributed by atoms with Gasteiger partial charge in [-0.25, -0.2) is 4.98 Å². The van der Waals surface area contributed by atoms with E-state index in [1.54, 1.807) is 42.7 Å². The second-order valence-corrected chi connectivity index (χ2v) is 7.02. The van der Waals surface area contributed by atoms with Crippen molar-refractivity contribution in [3.63, 3.8) is 0 Å². The predicted molar refractivity (Wildman–Crippen MR) is 108 cm³/mol. The van der Waals surface area contributed by atoms with Gasteiger partial charge in [-0.2, -0.15) is 0 Å². The third-order valence-corrected chi connectivity index (χ3v) is 5.26. The van der Waals surface area contributed by atoms with Crippen molar-refractivity contribution in [2.75, 3.05) is 7.11 Å². The fourth-order valence-corrected chi connectivity index (χ4v) is 3.63. The quantitative estimate of drug-likeness (QED) is 0.335. The zero-order valence-electron chi connectivity index (χ0n) is 14.9. The molecule has 4 aromatic rings. The van der Waals surface area contributed by atoms with Crippen LogP contribution in [0.1, 0.15) is 26.7 Å². The number of rotatable bonds is 5. The topological polar surface area (TPSA) is 52.3 Å². The number of fused-ring (bicyclic) bond motifs is 1. The summed E-state index contributed by atoms with van der Waals surface area (Å²) in [6.45, 7) is 2.02. The molecule has 5 heteroatoms. The zero-order valence-corrected chi connectivity index (χ0v) is 15.7. The number of aromatic nitrogens is 1. The number of hydrogen-bond acceptors (Lipinski definition) is 5. The van der Waals surface area contributed by atoms with Gasteiger partial charge in [0.2, 0.25) is 5.89 Å². The van der Waals surface area contributed by atoms with Crippen LogP contribution in [0.25, 0.3) is 22.7 Å². The van der Waals surface area contributed by atoms with Crippen LogP contribution in [-0.2, 0) is 0 Å². The molecule has 2 aromatic heterocycles. The largest absolute Gasteiger partial charge is 0.497 e. The molecule has 4 nitrogen and oxygen atoms in total. The molecule has 2 heterocycles. The number of ketones is 1. The summed E-state index contributed by atoms with van der Waals surface area (Å²) in [5.74, 6) is 0.884. The molecule has 0 unspecified atom stereocenters. The van der Waals surface area contributed by atoms with E-state index in [0.29, 0.717) is 28.4 Å². The van der Waals surface area contributed by atoms with E-state index in [9.17, 15) is 4.79 Å². The highest BCUT2D eigenvalue weighted by molar-refractivity contribution is 7.11. The predicted octanol–water partition coefficient (Wildman–Crippen LogP) is 5.63. The van der Waals surface area contributed by atoms with Crippen LogP contribution in [0.2, 0.25) is 0 Å². The number of carbonyl (C=O) groups excluding carboxylic acids is 1. The second kappa shape index (κ2) is 7.21. The summed E-state index contributed by atoms with van der Waals surface area (Å²) in [6.07, 6.45) is 1.86. The second-order valence-electron chi connectivity index (χ2n) is 6.07. The average molecular weight is 375 g/mol. The van der Waals surface area contributed by atoms with Gasteiger partial charge < -0.3 is 9.15 Å². The molecule has 0 amide bonds. The van der Waals surface area contributed by atoms with Gasteiger partial charge in [0, 0.05) is 10.4 Å². The van der Waals surface area contributed by atoms with Gasteiger partial charge in [-0.3, -0.25) is 4.79 Å². The lowest BCUT2D eigenvalue weighted by Gasteiger charge is -2.05. The highest BCUT2D eigenvalue weighted by atomic mass is 32.1. The summed E-state index contributed by atoms with van der Waals surface area (Å²) < 4.78 is 11.1. The van der Waals surface area contributed by atoms with Crippen molar-refractivity contribution in [1.29, 1.82) is 0 Å². The number of nitrogens with zero attached hydrogens (tertiary/aromatic N) is 1. The number of aryl methyl sites for hydroxylation is 1. The first-order chi connectivity index (χ1) is 13.2. The smallest absolute Gasteiger partial charge is 0.231 e. The van der Waals surface area contributed by atoms with Gasteiger partial charge in [-0.05, 0) is 66.4 Å². The van der Waals surface area contributed by atoms with Crippen molar-refractivity contribution in [3.8, 4) is 5.75 Å². The first-order valence-electron chi connectivity index (χ1n) is 8.46. The first kappa shape index (κ1) is 17.2. The minimum Gasteiger partial charge on any atom is -0.497 e. The summed E-state index contributed by atoms with van der Waals surface area (Å²) in [5.41, 5.74) is 3.48. The van der Waals surface area contributed by atoms with Gasteiger partial charge in [-0.1, -0.05) is 12.1 Å². The summed E-state index contributed by atoms with van der Waals surface area (Å²) in [6, 6.07) is 16.6. The monoisotopic (exact) mass is 375 g/mol. The van der Waals surface area contributed by atoms with Crippen LogP contribution >= 0.6 is 11.3 Å². The summed E-state index contributed by atoms with van der Waals surface area (Å²) in [4.78, 5) is 18.8. The lowest BCUT2D eigenvalue weighted by atomic mass is 10.0. The number of methoxy groups -OCH3 is 1. The highest BCUT2D eigenvalue weighted by Crippen LogP contribution is 2.29. The number of ether oxygens (including phenoxy) is 1. The van der Waals surface area contributed by atoms with E-state index in [-0.39, 0.29) is 5.78 Å². The Balaban J connectivity index is 1.83. The number of para-hydroxylation sites is 2. The average Bonchev–Trinajstić information content (AvgIpc) is 3.31. The summed E-state index contributed by atoms with van der Waals surface area (Å²) in [7, 11) is 1.60. The molecule has 0 spiro atoms. The molecule has 0 radical (unpaired) electrons. The van der Waals surface area contributed by atoms with Crippen LogP contribution in [0.5, 0.6) is 5.75 Å². The normalized spacial score (nSPS) is 11.7. The molecule has 0 N–H and O–H groups in total. The minimum atomic E-state index is -0.142. The van der Waals surface area contributed by atoms with Gasteiger partial charge in [0.15, 0.2) is 11.4 Å². The van der Waals surface area contributed by atoms with Crippen molar-refractivity contribution in [3.05, 3.63) is 81.9 Å². The standard InChI is InChI=1S/C22H17NO3S/c1-14-11-12-27-20(14)13-17(21(24)15-7-9-16(25-2)10-8-15)22-23-18-5-3-4-6-19(18)26-22/h3-13H,1-2H3/b17-13+. The van der Waals surface area contributed by atoms with Crippen molar-refractivity contribution in [2.45, 2.75) is 6.92 Å². The molecular weight excluding hydrogens is 358 g/mol. The molecule has 0 saturated heterocycles. The number of oxazole rings is 1. The van der Waals surface area contributed by atoms with Crippen LogP contribution in [0.15, 0.2) is 64.4 Å². The summed E-state index contributed by atoms with van der Waals surface area (Å²) in [5, 5.41) is 2.00. The van der Waals surface area contributed by atoms with Gasteiger partial charge in [0.05, 0.1) is 12.7 Å². The van der Waals surface area contributed by atoms with E-state index in [1.165, 1.54) is 0 Å². The molecule has 4 rings (SSSR count). The fraction of sp³-hybridized carbons (Fsp3) is 0.0909. The van der Waals surface area contributed by atoms with Gasteiger partial charge in [-0.15, -0.1) is 11.3 Å². The van der Waals surface area contributed by atoms with E-state index in [1.807, 2.05) is 48.7 Å². The zero-order chi connectivity index (χ0) is 18.8. The number of allylic oxidation sites excluding steroid dienone is 1. The Morgan fingerprint density at radius 1 is 1.11 bits per heavy atom. The molecule has 0 aliphatic carbocycles. The lowest BCUT2D eigenvalue weighted by molar-refractivity contribution is 0.105. The van der Waals surface area contributed by atoms with E-state index >= 15 is 0 Å². The SMILES string of the molecule is COc1ccc(C(=O)/C(=C\c2sccc2C)c2nc3ccccc3o2)cc1. The third-order valence-electron chi connectivity index (χ3n) is 4.30. The maximum atomic E-state index is 13.3. The fourth-order valence-electron chi connectivity index (χ4n) is 2.77. The molecule has 0 bridgehead atoms. The molecule has 0 aliphatic heterocycles. The van der Waals surface area contributed by atoms with E-state index < -0.39 is 0 Å². The van der Waals surface area contributed by atoms with E-state index in [4.69, 9.17) is 9.15 Å². The maximum absolute atomic E-state index is 13.3. The molecular formula is C22H17NO3S. The van der Waals surface area contributed by atoms with E-state index in [0.717, 1.165) is 16.0 Å². The molecule has 0 fully saturated rings. The van der Waals surface area contributed by atoms with E-state index in [2.05, 4.69) is 4.98 Å². The number of thiophene rings is 1. The highest BCUT2D eigenvalue weighted by Gasteiger charge is 2.21. The molecule has 2 aromatic carbocycles. The van der Waals surface area contributed by atoms with Crippen molar-refractivity contribution in [2.24, 2.45) is 0 Å². The van der Waals surface area contributed by atoms with Gasteiger partial charge in [0.25, 0.3) is 0 Å². The maximum Gasteiger partial charge on any atom is 0.231 e. The van der Waals surface area contributed by atoms with Crippen LogP contribution in [-0.4, -0.2) is 17.9 Å². The van der Waals surface area contributed by atoms with Crippen molar-refractivity contribution in [1.82, 2.24) is 4.98 Å². The van der Waals surface area contributed by atoms with Gasteiger partial charge >= 0.3 is 0 Å². The molecule has 134 valence electrons. The van der Waals surface area contributed by atoms with Crippen molar-refractivity contribution < 1.29 is 13.9 Å². The lowest BCUT2D eigenvalue weighted by Crippen LogP contribution is -2.03. The number of Topliss-reactive ketones (excluding diaryl/α,β-unsaturated/α-hetero) is 1. The third kappa shape index (κ3) is 3.41. The first-order valence-corrected chi connectivity index (χ1v) is 9.34. The minimum absolute atomic E-state index is 0.142. The Morgan fingerprint density at radius 3 is 2.56 bits per heavy atom. The van der Waals surface area contributed by atoms with Crippen molar-refractivity contribution >= 4 is 39.9 Å². The van der Waals surface area contributed by atoms with Gasteiger partial charge in [0.1, 0.15) is 11.3 Å². The molecule has 0 atom stereocenters. The molecule has 0 aliphatic rings. The molecule has 0 saturated carbocycles. The number of hydrogen-bond donors (Lipinski definition) is 0. The Labute approximate surface area is 160 Å².